The van der Waals surface area contributed by atoms with Crippen molar-refractivity contribution >= 4 is 44.0 Å². The maximum absolute atomic E-state index is 13.5. The lowest BCUT2D eigenvalue weighted by Gasteiger charge is -2.21. The third-order valence-electron chi connectivity index (χ3n) is 4.53. The molecule has 3 aromatic rings. The van der Waals surface area contributed by atoms with Gasteiger partial charge in [0.05, 0.1) is 21.2 Å². The van der Waals surface area contributed by atoms with E-state index in [1.807, 2.05) is 0 Å². The van der Waals surface area contributed by atoms with Gasteiger partial charge < -0.3 is 0 Å². The van der Waals surface area contributed by atoms with E-state index in [0.29, 0.717) is 11.3 Å². The molecule has 0 saturated carbocycles. The van der Waals surface area contributed by atoms with Crippen molar-refractivity contribution in [3.63, 3.8) is 0 Å². The Hall–Kier alpha value is -2.40. The molecule has 0 aliphatic carbocycles. The molecule has 6 nitrogen and oxygen atoms in total. The van der Waals surface area contributed by atoms with Crippen LogP contribution < -0.4 is 5.32 Å². The first kappa shape index (κ1) is 23.3. The lowest BCUT2D eigenvalue weighted by atomic mass is 10.2. The molecule has 2 aromatic carbocycles. The zero-order valence-corrected chi connectivity index (χ0v) is 19.1. The number of carbonyl (C=O) groups is 1. The summed E-state index contributed by atoms with van der Waals surface area (Å²) in [4.78, 5) is 16.8. The molecule has 0 radical (unpaired) electrons. The molecule has 1 N–H and O–H groups in total. The van der Waals surface area contributed by atoms with E-state index in [0.717, 1.165) is 23.5 Å². The minimum absolute atomic E-state index is 0.0375. The molecule has 0 spiro atoms. The van der Waals surface area contributed by atoms with Gasteiger partial charge in [-0.3, -0.25) is 10.1 Å². The van der Waals surface area contributed by atoms with Gasteiger partial charge >= 0.3 is 0 Å². The number of halogens is 3. The van der Waals surface area contributed by atoms with Crippen molar-refractivity contribution in [2.24, 2.45) is 0 Å². The molecular formula is C20H18ClF2N3O3S2. The summed E-state index contributed by atoms with van der Waals surface area (Å²) in [5.74, 6) is -2.63. The van der Waals surface area contributed by atoms with Crippen LogP contribution in [-0.2, 0) is 10.0 Å². The Morgan fingerprint density at radius 1 is 1.16 bits per heavy atom. The van der Waals surface area contributed by atoms with Gasteiger partial charge in [0.1, 0.15) is 0 Å². The molecule has 1 heterocycles. The van der Waals surface area contributed by atoms with Crippen LogP contribution in [0.25, 0.3) is 11.3 Å². The van der Waals surface area contributed by atoms with Crippen LogP contribution in [0.15, 0.2) is 46.7 Å². The van der Waals surface area contributed by atoms with Crippen molar-refractivity contribution in [2.75, 3.05) is 12.4 Å². The van der Waals surface area contributed by atoms with Crippen LogP contribution in [0.4, 0.5) is 13.9 Å². The number of nitrogens with one attached hydrogen (secondary N) is 1. The zero-order chi connectivity index (χ0) is 22.9. The van der Waals surface area contributed by atoms with Gasteiger partial charge in [-0.25, -0.2) is 22.2 Å². The molecule has 0 bridgehead atoms. The van der Waals surface area contributed by atoms with E-state index in [-0.39, 0.29) is 26.7 Å². The molecule has 0 atom stereocenters. The molecule has 0 saturated heterocycles. The van der Waals surface area contributed by atoms with Crippen molar-refractivity contribution in [1.82, 2.24) is 9.29 Å². The summed E-state index contributed by atoms with van der Waals surface area (Å²) in [5, 5.41) is 4.38. The molecule has 0 fully saturated rings. The van der Waals surface area contributed by atoms with Gasteiger partial charge in [0, 0.05) is 24.0 Å². The van der Waals surface area contributed by atoms with E-state index in [2.05, 4.69) is 10.3 Å². The summed E-state index contributed by atoms with van der Waals surface area (Å²) in [7, 11) is -2.36. The maximum atomic E-state index is 13.5. The van der Waals surface area contributed by atoms with Crippen LogP contribution in [0.5, 0.6) is 0 Å². The largest absolute Gasteiger partial charge is 0.298 e. The Kier molecular flexibility index (Phi) is 6.75. The molecule has 3 rings (SSSR count). The van der Waals surface area contributed by atoms with Crippen molar-refractivity contribution in [1.29, 1.82) is 0 Å². The number of amides is 1. The zero-order valence-electron chi connectivity index (χ0n) is 16.7. The number of hydrogen-bond acceptors (Lipinski definition) is 5. The SMILES string of the molecule is CC(C)N(C)S(=O)(=O)c1ccc(Cl)c(C(=O)Nc2nc(-c3ccc(F)c(F)c3)cs2)c1. The number of thiazole rings is 1. The number of aromatic nitrogens is 1. The molecule has 11 heteroatoms. The molecule has 0 aliphatic rings. The smallest absolute Gasteiger partial charge is 0.259 e. The van der Waals surface area contributed by atoms with Crippen molar-refractivity contribution < 1.29 is 22.0 Å². The molecule has 1 aromatic heterocycles. The highest BCUT2D eigenvalue weighted by molar-refractivity contribution is 7.89. The summed E-state index contributed by atoms with van der Waals surface area (Å²) in [6, 6.07) is 6.96. The highest BCUT2D eigenvalue weighted by Crippen LogP contribution is 2.28. The van der Waals surface area contributed by atoms with Gasteiger partial charge in [-0.2, -0.15) is 4.31 Å². The second kappa shape index (κ2) is 8.99. The maximum Gasteiger partial charge on any atom is 0.259 e. The summed E-state index contributed by atoms with van der Waals surface area (Å²) >= 11 is 7.19. The first-order chi connectivity index (χ1) is 14.5. The molecule has 1 amide bonds. The Morgan fingerprint density at radius 2 is 1.87 bits per heavy atom. The number of anilines is 1. The Labute approximate surface area is 187 Å². The number of hydrogen-bond donors (Lipinski definition) is 1. The number of rotatable bonds is 6. The monoisotopic (exact) mass is 485 g/mol. The van der Waals surface area contributed by atoms with Crippen molar-refractivity contribution in [3.8, 4) is 11.3 Å². The average molecular weight is 486 g/mol. The van der Waals surface area contributed by atoms with Crippen LogP contribution >= 0.6 is 22.9 Å². The molecule has 164 valence electrons. The van der Waals surface area contributed by atoms with Crippen molar-refractivity contribution in [3.05, 3.63) is 64.0 Å². The minimum atomic E-state index is -3.81. The van der Waals surface area contributed by atoms with Crippen LogP contribution in [0.2, 0.25) is 5.02 Å². The van der Waals surface area contributed by atoms with E-state index in [4.69, 9.17) is 11.6 Å². The van der Waals surface area contributed by atoms with E-state index >= 15 is 0 Å². The van der Waals surface area contributed by atoms with Crippen LogP contribution in [0.3, 0.4) is 0 Å². The van der Waals surface area contributed by atoms with Gasteiger partial charge in [0.25, 0.3) is 5.91 Å². The first-order valence-corrected chi connectivity index (χ1v) is 11.7. The number of carbonyl (C=O) groups excluding carboxylic acids is 1. The number of benzene rings is 2. The lowest BCUT2D eigenvalue weighted by Crippen LogP contribution is -2.33. The van der Waals surface area contributed by atoms with E-state index < -0.39 is 27.6 Å². The summed E-state index contributed by atoms with van der Waals surface area (Å²) < 4.78 is 53.2. The Bertz CT molecular complexity index is 1250. The fourth-order valence-corrected chi connectivity index (χ4v) is 4.88. The highest BCUT2D eigenvalue weighted by Gasteiger charge is 2.25. The topological polar surface area (TPSA) is 79.4 Å². The van der Waals surface area contributed by atoms with Crippen LogP contribution in [0, 0.1) is 11.6 Å². The Balaban J connectivity index is 1.86. The predicted molar refractivity (Wildman–Crippen MR) is 117 cm³/mol. The normalized spacial score (nSPS) is 11.9. The number of sulfonamides is 1. The van der Waals surface area contributed by atoms with Gasteiger partial charge in [-0.15, -0.1) is 11.3 Å². The van der Waals surface area contributed by atoms with Crippen molar-refractivity contribution in [2.45, 2.75) is 24.8 Å². The second-order valence-electron chi connectivity index (χ2n) is 6.88. The molecule has 0 aliphatic heterocycles. The van der Waals surface area contributed by atoms with Crippen LogP contribution in [0.1, 0.15) is 24.2 Å². The number of nitrogens with zero attached hydrogens (tertiary/aromatic N) is 2. The van der Waals surface area contributed by atoms with Gasteiger partial charge in [-0.05, 0) is 50.2 Å². The van der Waals surface area contributed by atoms with Gasteiger partial charge in [0.2, 0.25) is 10.0 Å². The quantitative estimate of drug-likeness (QED) is 0.531. The van der Waals surface area contributed by atoms with E-state index in [1.165, 1.54) is 35.6 Å². The molecule has 0 unspecified atom stereocenters. The van der Waals surface area contributed by atoms with Gasteiger partial charge in [0.15, 0.2) is 16.8 Å². The third-order valence-corrected chi connectivity index (χ3v) is 7.64. The summed E-state index contributed by atoms with van der Waals surface area (Å²) in [6.45, 7) is 3.46. The lowest BCUT2D eigenvalue weighted by molar-refractivity contribution is 0.102. The summed E-state index contributed by atoms with van der Waals surface area (Å²) in [6.07, 6.45) is 0. The van der Waals surface area contributed by atoms with E-state index in [1.54, 1.807) is 19.2 Å². The second-order valence-corrected chi connectivity index (χ2v) is 10.1. The fourth-order valence-electron chi connectivity index (χ4n) is 2.57. The third kappa shape index (κ3) is 4.93. The standard InChI is InChI=1S/C20H18ClF2N3O3S2/c1-11(2)26(3)31(28,29)13-5-6-15(21)14(9-13)19(27)25-20-24-18(10-30-20)12-4-7-16(22)17(23)8-12/h4-11H,1-3H3,(H,24,25,27). The first-order valence-electron chi connectivity index (χ1n) is 9.00. The van der Waals surface area contributed by atoms with Gasteiger partial charge in [-0.1, -0.05) is 11.6 Å². The average Bonchev–Trinajstić information content (AvgIpc) is 3.17. The minimum Gasteiger partial charge on any atom is -0.298 e. The molecular weight excluding hydrogens is 468 g/mol. The predicted octanol–water partition coefficient (Wildman–Crippen LogP) is 5.02. The van der Waals surface area contributed by atoms with Crippen LogP contribution in [-0.4, -0.2) is 36.7 Å². The Morgan fingerprint density at radius 3 is 2.52 bits per heavy atom. The van der Waals surface area contributed by atoms with E-state index in [9.17, 15) is 22.0 Å². The fraction of sp³-hybridized carbons (Fsp3) is 0.200. The summed E-state index contributed by atoms with van der Waals surface area (Å²) in [5.41, 5.74) is 0.656. The highest BCUT2D eigenvalue weighted by atomic mass is 35.5. The molecule has 31 heavy (non-hydrogen) atoms.